The zero-order valence-electron chi connectivity index (χ0n) is 18.8. The lowest BCUT2D eigenvalue weighted by Gasteiger charge is -2.29. The van der Waals surface area contributed by atoms with Crippen LogP contribution in [0.3, 0.4) is 0 Å². The van der Waals surface area contributed by atoms with Crippen LogP contribution in [0.1, 0.15) is 71.2 Å². The summed E-state index contributed by atoms with van der Waals surface area (Å²) < 4.78 is 1.77. The van der Waals surface area contributed by atoms with Crippen LogP contribution in [0.15, 0.2) is 42.7 Å². The summed E-state index contributed by atoms with van der Waals surface area (Å²) in [6.45, 7) is 11.2. The lowest BCUT2D eigenvalue weighted by Crippen LogP contribution is -2.94. The highest BCUT2D eigenvalue weighted by Crippen LogP contribution is 2.25. The van der Waals surface area contributed by atoms with Crippen molar-refractivity contribution in [1.29, 1.82) is 0 Å². The van der Waals surface area contributed by atoms with E-state index in [2.05, 4.69) is 72.6 Å². The number of unbranched alkanes of at least 4 members (excludes halogenated alkanes) is 1. The van der Waals surface area contributed by atoms with Gasteiger partial charge in [-0.05, 0) is 38.5 Å². The molecule has 160 valence electrons. The number of Topliss-reactive ketones (excluding diaryl/α,β-unsaturated/α-hetero) is 1. The molecule has 3 rings (SSSR count). The van der Waals surface area contributed by atoms with Crippen molar-refractivity contribution in [2.75, 3.05) is 0 Å². The van der Waals surface area contributed by atoms with E-state index in [0.717, 1.165) is 42.4 Å². The normalized spacial score (nSPS) is 14.7. The average molecular weight is 409 g/mol. The molecule has 0 aliphatic carbocycles. The van der Waals surface area contributed by atoms with Crippen LogP contribution in [-0.2, 0) is 16.9 Å². The molecule has 0 fully saturated rings. The summed E-state index contributed by atoms with van der Waals surface area (Å²) in [6, 6.07) is 10.3. The zero-order valence-corrected chi connectivity index (χ0v) is 18.8. The van der Waals surface area contributed by atoms with Gasteiger partial charge < -0.3 is 5.32 Å². The van der Waals surface area contributed by atoms with Crippen molar-refractivity contribution in [3.8, 4) is 0 Å². The molecule has 2 aromatic heterocycles. The Morgan fingerprint density at radius 3 is 2.77 bits per heavy atom. The smallest absolute Gasteiger partial charge is 0.154 e. The van der Waals surface area contributed by atoms with Crippen molar-refractivity contribution in [2.45, 2.75) is 72.0 Å². The van der Waals surface area contributed by atoms with E-state index in [-0.39, 0.29) is 17.4 Å². The molecule has 0 saturated carbocycles. The Morgan fingerprint density at radius 2 is 2.07 bits per heavy atom. The van der Waals surface area contributed by atoms with Gasteiger partial charge in [0.1, 0.15) is 23.8 Å². The molecule has 0 unspecified atom stereocenters. The predicted molar refractivity (Wildman–Crippen MR) is 119 cm³/mol. The fraction of sp³-hybridized carbons (Fsp3) is 0.500. The van der Waals surface area contributed by atoms with Crippen molar-refractivity contribution in [3.63, 3.8) is 0 Å². The first-order chi connectivity index (χ1) is 14.3. The minimum atomic E-state index is -0.242. The van der Waals surface area contributed by atoms with E-state index in [0.29, 0.717) is 5.92 Å². The van der Waals surface area contributed by atoms with Gasteiger partial charge in [-0.1, -0.05) is 51.0 Å². The molecule has 0 aliphatic heterocycles. The second kappa shape index (κ2) is 9.47. The first-order valence-electron chi connectivity index (χ1n) is 11.0. The lowest BCUT2D eigenvalue weighted by molar-refractivity contribution is -0.755. The summed E-state index contributed by atoms with van der Waals surface area (Å²) in [7, 11) is 0. The molecule has 2 heterocycles. The second-order valence-electron chi connectivity index (χ2n) is 8.73. The van der Waals surface area contributed by atoms with Gasteiger partial charge in [0.05, 0.1) is 11.7 Å². The monoisotopic (exact) mass is 408 g/mol. The van der Waals surface area contributed by atoms with Crippen LogP contribution in [0.5, 0.6) is 0 Å². The number of ketones is 1. The van der Waals surface area contributed by atoms with Crippen molar-refractivity contribution in [3.05, 3.63) is 54.0 Å². The summed E-state index contributed by atoms with van der Waals surface area (Å²) in [5.74, 6) is 0.482. The minimum Gasteiger partial charge on any atom is -0.333 e. The fourth-order valence-electron chi connectivity index (χ4n) is 3.81. The third kappa shape index (κ3) is 4.75. The number of pyridine rings is 1. The molecule has 30 heavy (non-hydrogen) atoms. The molecule has 1 aromatic carbocycles. The number of carbonyl (C=O) groups is 1. The Bertz CT molecular complexity index is 996. The molecule has 2 N–H and O–H groups in total. The number of hydrogen-bond acceptors (Lipinski definition) is 4. The third-order valence-corrected chi connectivity index (χ3v) is 6.31. The molecule has 0 bridgehead atoms. The summed E-state index contributed by atoms with van der Waals surface area (Å²) in [4.78, 5) is 16.6. The molecule has 6 nitrogen and oxygen atoms in total. The van der Waals surface area contributed by atoms with Gasteiger partial charge in [-0.2, -0.15) is 0 Å². The molecule has 0 saturated heterocycles. The molecule has 6 heteroatoms. The highest BCUT2D eigenvalue weighted by atomic mass is 16.1. The van der Waals surface area contributed by atoms with Crippen LogP contribution < -0.4 is 5.32 Å². The van der Waals surface area contributed by atoms with E-state index in [4.69, 9.17) is 0 Å². The SMILES string of the molecule is CCCC[C@@H](C(C)=O)n1cc([C@@](C)([NH2+]Cc2ccc3ncccc3c2)C(C)C)nn1. The van der Waals surface area contributed by atoms with E-state index in [1.807, 2.05) is 18.5 Å². The van der Waals surface area contributed by atoms with Crippen molar-refractivity contribution < 1.29 is 10.1 Å². The van der Waals surface area contributed by atoms with Crippen molar-refractivity contribution >= 4 is 16.7 Å². The van der Waals surface area contributed by atoms with Gasteiger partial charge >= 0.3 is 0 Å². The fourth-order valence-corrected chi connectivity index (χ4v) is 3.81. The van der Waals surface area contributed by atoms with Crippen molar-refractivity contribution in [1.82, 2.24) is 20.0 Å². The van der Waals surface area contributed by atoms with E-state index < -0.39 is 0 Å². The van der Waals surface area contributed by atoms with Gasteiger partial charge in [0.2, 0.25) is 0 Å². The number of benzene rings is 1. The zero-order chi connectivity index (χ0) is 21.7. The van der Waals surface area contributed by atoms with Gasteiger partial charge in [-0.3, -0.25) is 9.78 Å². The average Bonchev–Trinajstić information content (AvgIpc) is 3.22. The molecule has 0 spiro atoms. The molecule has 2 atom stereocenters. The van der Waals surface area contributed by atoms with E-state index in [1.54, 1.807) is 11.6 Å². The summed E-state index contributed by atoms with van der Waals surface area (Å²) in [6.07, 6.45) is 6.67. The molecule has 0 radical (unpaired) electrons. The van der Waals surface area contributed by atoms with Crippen LogP contribution in [0.2, 0.25) is 0 Å². The maximum atomic E-state index is 12.2. The minimum absolute atomic E-state index is 0.139. The molecule has 0 amide bonds. The number of nitrogens with two attached hydrogens (primary N) is 1. The molecule has 3 aromatic rings. The second-order valence-corrected chi connectivity index (χ2v) is 8.73. The van der Waals surface area contributed by atoms with Gasteiger partial charge in [-0.15, -0.1) is 5.10 Å². The number of hydrogen-bond donors (Lipinski definition) is 1. The van der Waals surface area contributed by atoms with Gasteiger partial charge in [0, 0.05) is 23.1 Å². The lowest BCUT2D eigenvalue weighted by atomic mass is 9.85. The third-order valence-electron chi connectivity index (χ3n) is 6.31. The van der Waals surface area contributed by atoms with Gasteiger partial charge in [0.15, 0.2) is 5.78 Å². The topological polar surface area (TPSA) is 77.3 Å². The van der Waals surface area contributed by atoms with Crippen LogP contribution in [0, 0.1) is 5.92 Å². The Hall–Kier alpha value is -2.60. The Labute approximate surface area is 179 Å². The summed E-state index contributed by atoms with van der Waals surface area (Å²) in [5.41, 5.74) is 2.94. The highest BCUT2D eigenvalue weighted by molar-refractivity contribution is 5.80. The number of fused-ring (bicyclic) bond motifs is 1. The number of carbonyl (C=O) groups excluding carboxylic acids is 1. The summed E-state index contributed by atoms with van der Waals surface area (Å²) >= 11 is 0. The van der Waals surface area contributed by atoms with E-state index in [1.165, 1.54) is 5.56 Å². The first-order valence-corrected chi connectivity index (χ1v) is 11.0. The molecule has 0 aliphatic rings. The first kappa shape index (κ1) is 22.1. The maximum absolute atomic E-state index is 12.2. The van der Waals surface area contributed by atoms with Crippen molar-refractivity contribution in [2.24, 2.45) is 5.92 Å². The molecular formula is C24H34N5O+. The number of rotatable bonds is 10. The number of nitrogens with zero attached hydrogens (tertiary/aromatic N) is 4. The van der Waals surface area contributed by atoms with Crippen LogP contribution in [-0.4, -0.2) is 25.8 Å². The van der Waals surface area contributed by atoms with Crippen LogP contribution in [0.25, 0.3) is 10.9 Å². The summed E-state index contributed by atoms with van der Waals surface area (Å²) in [5, 5.41) is 12.3. The highest BCUT2D eigenvalue weighted by Gasteiger charge is 2.38. The number of quaternary nitrogens is 1. The Balaban J connectivity index is 1.81. The largest absolute Gasteiger partial charge is 0.333 e. The number of aromatic nitrogens is 4. The quantitative estimate of drug-likeness (QED) is 0.554. The standard InChI is InChI=1S/C24H33N5O/c1-6-7-10-22(18(4)30)29-16-23(27-28-29)24(5,17(2)3)26-15-19-11-12-21-20(14-19)9-8-13-25-21/h8-9,11-14,16-17,22,26H,6-7,10,15H2,1-5H3/p+1/t22-,24-/m0/s1. The maximum Gasteiger partial charge on any atom is 0.154 e. The van der Waals surface area contributed by atoms with E-state index in [9.17, 15) is 4.79 Å². The predicted octanol–water partition coefficient (Wildman–Crippen LogP) is 3.78. The van der Waals surface area contributed by atoms with Crippen LogP contribution in [0.4, 0.5) is 0 Å². The van der Waals surface area contributed by atoms with Gasteiger partial charge in [0.25, 0.3) is 0 Å². The Morgan fingerprint density at radius 1 is 1.27 bits per heavy atom. The Kier molecular flexibility index (Phi) is 6.98. The van der Waals surface area contributed by atoms with Crippen LogP contribution >= 0.6 is 0 Å². The molecular weight excluding hydrogens is 374 g/mol. The van der Waals surface area contributed by atoms with E-state index >= 15 is 0 Å². The van der Waals surface area contributed by atoms with Gasteiger partial charge in [-0.25, -0.2) is 4.68 Å².